The van der Waals surface area contributed by atoms with E-state index < -0.39 is 6.09 Å². The number of rotatable bonds is 2. The first-order valence-electron chi connectivity index (χ1n) is 8.49. The zero-order chi connectivity index (χ0) is 17.2. The fraction of sp³-hybridized carbons (Fsp3) is 0.875. The maximum Gasteiger partial charge on any atom is 0.407 e. The van der Waals surface area contributed by atoms with Crippen LogP contribution in [0, 0.1) is 11.3 Å². The van der Waals surface area contributed by atoms with Crippen molar-refractivity contribution in [2.45, 2.75) is 58.5 Å². The van der Waals surface area contributed by atoms with Gasteiger partial charge < -0.3 is 10.0 Å². The first-order chi connectivity index (χ1) is 10.8. The Morgan fingerprint density at radius 2 is 1.74 bits per heavy atom. The van der Waals surface area contributed by atoms with Crippen molar-refractivity contribution in [3.8, 4) is 0 Å². The standard InChI is InChI=1S/C16H30N4O3/c1-16(2,3)13-12(14(21)18-17)5-4-8-20(13)11-6-9-19(10-7-11)15(22)23/h11-13H,4-10,17H2,1-3H3,(H,18,21)(H,22,23). The third kappa shape index (κ3) is 3.95. The molecule has 4 N–H and O–H groups in total. The van der Waals surface area contributed by atoms with Crippen LogP contribution in [0.2, 0.25) is 0 Å². The van der Waals surface area contributed by atoms with Crippen LogP contribution in [0.1, 0.15) is 46.5 Å². The maximum absolute atomic E-state index is 12.2. The second kappa shape index (κ2) is 7.05. The average Bonchev–Trinajstić information content (AvgIpc) is 2.52. The van der Waals surface area contributed by atoms with Gasteiger partial charge in [0.2, 0.25) is 5.91 Å². The topological polar surface area (TPSA) is 98.9 Å². The van der Waals surface area contributed by atoms with Gasteiger partial charge >= 0.3 is 6.09 Å². The minimum atomic E-state index is -0.838. The van der Waals surface area contributed by atoms with Gasteiger partial charge in [-0.05, 0) is 37.6 Å². The van der Waals surface area contributed by atoms with Gasteiger partial charge in [0.1, 0.15) is 0 Å². The van der Waals surface area contributed by atoms with Crippen molar-refractivity contribution in [3.63, 3.8) is 0 Å². The summed E-state index contributed by atoms with van der Waals surface area (Å²) in [5.74, 6) is 5.20. The molecule has 2 aliphatic rings. The quantitative estimate of drug-likeness (QED) is 0.403. The Morgan fingerprint density at radius 1 is 1.13 bits per heavy atom. The summed E-state index contributed by atoms with van der Waals surface area (Å²) in [4.78, 5) is 27.3. The Kier molecular flexibility index (Phi) is 5.52. The van der Waals surface area contributed by atoms with Gasteiger partial charge in [-0.25, -0.2) is 10.6 Å². The van der Waals surface area contributed by atoms with Crippen LogP contribution in [0.15, 0.2) is 0 Å². The monoisotopic (exact) mass is 326 g/mol. The second-order valence-corrected chi connectivity index (χ2v) is 7.81. The highest BCUT2D eigenvalue weighted by atomic mass is 16.4. The predicted molar refractivity (Wildman–Crippen MR) is 87.6 cm³/mol. The third-order valence-electron chi connectivity index (χ3n) is 5.24. The summed E-state index contributed by atoms with van der Waals surface area (Å²) in [7, 11) is 0. The molecule has 2 saturated heterocycles. The molecule has 0 spiro atoms. The molecule has 2 fully saturated rings. The number of likely N-dealkylation sites (tertiary alicyclic amines) is 2. The Labute approximate surface area is 138 Å². The zero-order valence-electron chi connectivity index (χ0n) is 14.4. The fourth-order valence-electron chi connectivity index (χ4n) is 4.30. The van der Waals surface area contributed by atoms with Crippen LogP contribution >= 0.6 is 0 Å². The molecular weight excluding hydrogens is 296 g/mol. The van der Waals surface area contributed by atoms with Gasteiger partial charge in [0, 0.05) is 25.2 Å². The Bertz CT molecular complexity index is 441. The number of hydrogen-bond donors (Lipinski definition) is 3. The summed E-state index contributed by atoms with van der Waals surface area (Å²) >= 11 is 0. The van der Waals surface area contributed by atoms with Gasteiger partial charge in [0.05, 0.1) is 5.92 Å². The fourth-order valence-corrected chi connectivity index (χ4v) is 4.30. The average molecular weight is 326 g/mol. The summed E-state index contributed by atoms with van der Waals surface area (Å²) in [5.41, 5.74) is 2.29. The number of nitrogens with zero attached hydrogens (tertiary/aromatic N) is 2. The van der Waals surface area contributed by atoms with Crippen molar-refractivity contribution in [3.05, 3.63) is 0 Å². The molecule has 23 heavy (non-hydrogen) atoms. The molecule has 2 aliphatic heterocycles. The molecule has 132 valence electrons. The Balaban J connectivity index is 2.15. The molecule has 0 aromatic heterocycles. The summed E-state index contributed by atoms with van der Waals surface area (Å²) < 4.78 is 0. The largest absolute Gasteiger partial charge is 0.465 e. The molecule has 0 saturated carbocycles. The molecule has 2 unspecified atom stereocenters. The van der Waals surface area contributed by atoms with E-state index in [2.05, 4.69) is 31.1 Å². The molecule has 2 rings (SSSR count). The highest BCUT2D eigenvalue weighted by molar-refractivity contribution is 5.79. The van der Waals surface area contributed by atoms with Gasteiger partial charge in [-0.15, -0.1) is 0 Å². The lowest BCUT2D eigenvalue weighted by Gasteiger charge is -2.51. The molecule has 0 aromatic carbocycles. The van der Waals surface area contributed by atoms with Crippen LogP contribution in [0.5, 0.6) is 0 Å². The van der Waals surface area contributed by atoms with E-state index in [4.69, 9.17) is 10.9 Å². The maximum atomic E-state index is 12.2. The van der Waals surface area contributed by atoms with E-state index in [1.165, 1.54) is 4.90 Å². The van der Waals surface area contributed by atoms with Gasteiger partial charge in [-0.1, -0.05) is 20.8 Å². The molecule has 2 amide bonds. The summed E-state index contributed by atoms with van der Waals surface area (Å²) in [6, 6.07) is 0.462. The number of piperidine rings is 2. The zero-order valence-corrected chi connectivity index (χ0v) is 14.4. The van der Waals surface area contributed by atoms with Crippen molar-refractivity contribution in [1.29, 1.82) is 0 Å². The number of nitrogens with two attached hydrogens (primary N) is 1. The molecular formula is C16H30N4O3. The van der Waals surface area contributed by atoms with Crippen molar-refractivity contribution in [1.82, 2.24) is 15.2 Å². The number of hydrogen-bond acceptors (Lipinski definition) is 4. The molecule has 7 nitrogen and oxygen atoms in total. The SMILES string of the molecule is CC(C)(C)C1C(C(=O)NN)CCCN1C1CCN(C(=O)O)CC1. The van der Waals surface area contributed by atoms with Crippen LogP contribution in [0.4, 0.5) is 4.79 Å². The molecule has 7 heteroatoms. The van der Waals surface area contributed by atoms with Crippen LogP contribution in [-0.4, -0.2) is 58.6 Å². The van der Waals surface area contributed by atoms with E-state index in [9.17, 15) is 9.59 Å². The number of nitrogens with one attached hydrogen (secondary N) is 1. The number of carbonyl (C=O) groups excluding carboxylic acids is 1. The lowest BCUT2D eigenvalue weighted by atomic mass is 9.72. The first-order valence-corrected chi connectivity index (χ1v) is 8.49. The van der Waals surface area contributed by atoms with Crippen molar-refractivity contribution < 1.29 is 14.7 Å². The lowest BCUT2D eigenvalue weighted by Crippen LogP contribution is -2.61. The van der Waals surface area contributed by atoms with Gasteiger partial charge in [-0.2, -0.15) is 0 Å². The van der Waals surface area contributed by atoms with Crippen molar-refractivity contribution in [2.24, 2.45) is 17.2 Å². The lowest BCUT2D eigenvalue weighted by molar-refractivity contribution is -0.133. The highest BCUT2D eigenvalue weighted by Gasteiger charge is 2.45. The molecule has 0 aliphatic carbocycles. The predicted octanol–water partition coefficient (Wildman–Crippen LogP) is 1.25. The van der Waals surface area contributed by atoms with Crippen molar-refractivity contribution in [2.75, 3.05) is 19.6 Å². The summed E-state index contributed by atoms with van der Waals surface area (Å²) in [6.07, 6.45) is 2.65. The summed E-state index contributed by atoms with van der Waals surface area (Å²) in [6.45, 7) is 8.60. The van der Waals surface area contributed by atoms with E-state index in [1.807, 2.05) is 0 Å². The Hall–Kier alpha value is -1.34. The van der Waals surface area contributed by atoms with E-state index in [0.717, 1.165) is 32.2 Å². The van der Waals surface area contributed by atoms with Crippen molar-refractivity contribution >= 4 is 12.0 Å². The van der Waals surface area contributed by atoms with Crippen LogP contribution in [-0.2, 0) is 4.79 Å². The van der Waals surface area contributed by atoms with Gasteiger partial charge in [0.25, 0.3) is 0 Å². The highest BCUT2D eigenvalue weighted by Crippen LogP contribution is 2.38. The van der Waals surface area contributed by atoms with Crippen LogP contribution in [0.3, 0.4) is 0 Å². The molecule has 0 aromatic rings. The Morgan fingerprint density at radius 3 is 2.22 bits per heavy atom. The molecule has 0 bridgehead atoms. The molecule has 2 heterocycles. The van der Waals surface area contributed by atoms with Gasteiger partial charge in [-0.3, -0.25) is 15.1 Å². The van der Waals surface area contributed by atoms with Gasteiger partial charge in [0.15, 0.2) is 0 Å². The number of carbonyl (C=O) groups is 2. The third-order valence-corrected chi connectivity index (χ3v) is 5.24. The first kappa shape index (κ1) is 18.0. The number of amides is 2. The summed E-state index contributed by atoms with van der Waals surface area (Å²) in [5, 5.41) is 9.11. The minimum absolute atomic E-state index is 0.0401. The molecule has 2 atom stereocenters. The number of hydrazine groups is 1. The number of carboxylic acid groups (broad SMARTS) is 1. The van der Waals surface area contributed by atoms with Crippen LogP contribution < -0.4 is 11.3 Å². The smallest absolute Gasteiger partial charge is 0.407 e. The second-order valence-electron chi connectivity index (χ2n) is 7.81. The van der Waals surface area contributed by atoms with Crippen LogP contribution in [0.25, 0.3) is 0 Å². The van der Waals surface area contributed by atoms with E-state index in [0.29, 0.717) is 19.1 Å². The van der Waals surface area contributed by atoms with E-state index >= 15 is 0 Å². The molecule has 0 radical (unpaired) electrons. The minimum Gasteiger partial charge on any atom is -0.465 e. The normalized spacial score (nSPS) is 27.7. The van der Waals surface area contributed by atoms with E-state index in [1.54, 1.807) is 0 Å². The van der Waals surface area contributed by atoms with E-state index in [-0.39, 0.29) is 23.3 Å².